The second-order valence-corrected chi connectivity index (χ2v) is 4.56. The Kier molecular flexibility index (Phi) is 5.16. The van der Waals surface area contributed by atoms with E-state index in [9.17, 15) is 4.79 Å². The van der Waals surface area contributed by atoms with Crippen molar-refractivity contribution in [3.8, 4) is 5.75 Å². The molecule has 1 unspecified atom stereocenters. The van der Waals surface area contributed by atoms with Crippen LogP contribution in [0.1, 0.15) is 30.5 Å². The minimum Gasteiger partial charge on any atom is -0.494 e. The number of rotatable bonds is 5. The normalized spacial score (nSPS) is 12.1. The summed E-state index contributed by atoms with van der Waals surface area (Å²) < 4.78 is 5.47. The summed E-state index contributed by atoms with van der Waals surface area (Å²) >= 11 is 0. The second-order valence-electron chi connectivity index (χ2n) is 4.56. The smallest absolute Gasteiger partial charge is 0.223 e. The SMILES string of the molecule is CCOc1ccc(C(N)CC(=O)N(C)C)cc1C. The van der Waals surface area contributed by atoms with Crippen LogP contribution in [0, 0.1) is 6.92 Å². The summed E-state index contributed by atoms with van der Waals surface area (Å²) in [5.41, 5.74) is 8.05. The maximum atomic E-state index is 11.6. The molecular weight excluding hydrogens is 228 g/mol. The summed E-state index contributed by atoms with van der Waals surface area (Å²) in [6.07, 6.45) is 0.320. The minimum atomic E-state index is -0.269. The molecule has 4 heteroatoms. The van der Waals surface area contributed by atoms with Crippen molar-refractivity contribution in [3.05, 3.63) is 29.3 Å². The van der Waals surface area contributed by atoms with Gasteiger partial charge in [0.1, 0.15) is 5.75 Å². The van der Waals surface area contributed by atoms with Gasteiger partial charge in [-0.05, 0) is 31.0 Å². The predicted octanol–water partition coefficient (Wildman–Crippen LogP) is 1.87. The Balaban J connectivity index is 2.78. The Labute approximate surface area is 109 Å². The maximum absolute atomic E-state index is 11.6. The monoisotopic (exact) mass is 250 g/mol. The number of amides is 1. The van der Waals surface area contributed by atoms with Crippen LogP contribution in [0.4, 0.5) is 0 Å². The Bertz CT molecular complexity index is 416. The van der Waals surface area contributed by atoms with E-state index in [0.717, 1.165) is 16.9 Å². The first-order valence-electron chi connectivity index (χ1n) is 6.14. The summed E-state index contributed by atoms with van der Waals surface area (Å²) in [7, 11) is 3.47. The van der Waals surface area contributed by atoms with Gasteiger partial charge in [0.05, 0.1) is 6.61 Å². The molecule has 1 rings (SSSR count). The van der Waals surface area contributed by atoms with Gasteiger partial charge in [0, 0.05) is 26.6 Å². The van der Waals surface area contributed by atoms with Crippen molar-refractivity contribution in [1.82, 2.24) is 4.90 Å². The molecule has 0 aliphatic rings. The largest absolute Gasteiger partial charge is 0.494 e. The summed E-state index contributed by atoms with van der Waals surface area (Å²) in [6.45, 7) is 4.58. The third kappa shape index (κ3) is 3.74. The van der Waals surface area contributed by atoms with Gasteiger partial charge in [0.25, 0.3) is 0 Å². The van der Waals surface area contributed by atoms with Gasteiger partial charge in [-0.2, -0.15) is 0 Å². The van der Waals surface area contributed by atoms with Crippen molar-refractivity contribution < 1.29 is 9.53 Å². The highest BCUT2D eigenvalue weighted by Gasteiger charge is 2.14. The van der Waals surface area contributed by atoms with Crippen molar-refractivity contribution >= 4 is 5.91 Å². The van der Waals surface area contributed by atoms with Crippen molar-refractivity contribution in [2.24, 2.45) is 5.73 Å². The molecule has 1 amide bonds. The van der Waals surface area contributed by atoms with Crippen LogP contribution in [0.15, 0.2) is 18.2 Å². The highest BCUT2D eigenvalue weighted by atomic mass is 16.5. The van der Waals surface area contributed by atoms with E-state index < -0.39 is 0 Å². The van der Waals surface area contributed by atoms with Gasteiger partial charge in [0.2, 0.25) is 5.91 Å². The van der Waals surface area contributed by atoms with Gasteiger partial charge >= 0.3 is 0 Å². The summed E-state index contributed by atoms with van der Waals surface area (Å²) in [6, 6.07) is 5.55. The number of carbonyl (C=O) groups is 1. The molecule has 18 heavy (non-hydrogen) atoms. The lowest BCUT2D eigenvalue weighted by Gasteiger charge is -2.17. The molecule has 0 aliphatic carbocycles. The molecule has 0 saturated heterocycles. The van der Waals surface area contributed by atoms with Crippen LogP contribution >= 0.6 is 0 Å². The van der Waals surface area contributed by atoms with E-state index in [1.165, 1.54) is 0 Å². The third-order valence-corrected chi connectivity index (χ3v) is 2.82. The molecule has 1 aromatic rings. The molecule has 100 valence electrons. The number of aryl methyl sites for hydroxylation is 1. The lowest BCUT2D eigenvalue weighted by atomic mass is 10.0. The highest BCUT2D eigenvalue weighted by molar-refractivity contribution is 5.76. The zero-order valence-corrected chi connectivity index (χ0v) is 11.6. The number of nitrogens with two attached hydrogens (primary N) is 1. The molecule has 1 aromatic carbocycles. The first kappa shape index (κ1) is 14.5. The van der Waals surface area contributed by atoms with Gasteiger partial charge in [-0.1, -0.05) is 12.1 Å². The predicted molar refractivity (Wildman–Crippen MR) is 72.6 cm³/mol. The molecule has 0 aliphatic heterocycles. The van der Waals surface area contributed by atoms with Gasteiger partial charge in [0.15, 0.2) is 0 Å². The van der Waals surface area contributed by atoms with E-state index in [4.69, 9.17) is 10.5 Å². The number of ether oxygens (including phenoxy) is 1. The van der Waals surface area contributed by atoms with Crippen LogP contribution in [0.2, 0.25) is 0 Å². The Hall–Kier alpha value is -1.55. The zero-order chi connectivity index (χ0) is 13.7. The third-order valence-electron chi connectivity index (χ3n) is 2.82. The first-order chi connectivity index (χ1) is 8.45. The number of nitrogens with zero attached hydrogens (tertiary/aromatic N) is 1. The van der Waals surface area contributed by atoms with Crippen LogP contribution in [0.3, 0.4) is 0 Å². The van der Waals surface area contributed by atoms with Crippen LogP contribution in [0.25, 0.3) is 0 Å². The van der Waals surface area contributed by atoms with E-state index in [1.54, 1.807) is 19.0 Å². The fourth-order valence-electron chi connectivity index (χ4n) is 1.71. The summed E-state index contributed by atoms with van der Waals surface area (Å²) in [5.74, 6) is 0.904. The average molecular weight is 250 g/mol. The molecule has 0 spiro atoms. The summed E-state index contributed by atoms with van der Waals surface area (Å²) in [4.78, 5) is 13.2. The van der Waals surface area contributed by atoms with Gasteiger partial charge < -0.3 is 15.4 Å². The van der Waals surface area contributed by atoms with Crippen LogP contribution in [0.5, 0.6) is 5.75 Å². The molecule has 2 N–H and O–H groups in total. The zero-order valence-electron chi connectivity index (χ0n) is 11.6. The van der Waals surface area contributed by atoms with Gasteiger partial charge in [-0.3, -0.25) is 4.79 Å². The average Bonchev–Trinajstić information content (AvgIpc) is 2.31. The standard InChI is InChI=1S/C14H22N2O2/c1-5-18-13-7-6-11(8-10(13)2)12(15)9-14(17)16(3)4/h6-8,12H,5,9,15H2,1-4H3. The van der Waals surface area contributed by atoms with Crippen LogP contribution < -0.4 is 10.5 Å². The number of benzene rings is 1. The fraction of sp³-hybridized carbons (Fsp3) is 0.500. The van der Waals surface area contributed by atoms with Crippen LogP contribution in [-0.2, 0) is 4.79 Å². The summed E-state index contributed by atoms with van der Waals surface area (Å²) in [5, 5.41) is 0. The van der Waals surface area contributed by atoms with E-state index in [0.29, 0.717) is 13.0 Å². The van der Waals surface area contributed by atoms with E-state index in [1.807, 2.05) is 32.0 Å². The van der Waals surface area contributed by atoms with Crippen molar-refractivity contribution in [2.45, 2.75) is 26.3 Å². The molecule has 0 aromatic heterocycles. The quantitative estimate of drug-likeness (QED) is 0.868. The fourth-order valence-corrected chi connectivity index (χ4v) is 1.71. The molecular formula is C14H22N2O2. The molecule has 0 fully saturated rings. The lowest BCUT2D eigenvalue weighted by molar-refractivity contribution is -0.129. The molecule has 4 nitrogen and oxygen atoms in total. The maximum Gasteiger partial charge on any atom is 0.223 e. The topological polar surface area (TPSA) is 55.6 Å². The van der Waals surface area contributed by atoms with E-state index in [-0.39, 0.29) is 11.9 Å². The molecule has 0 bridgehead atoms. The van der Waals surface area contributed by atoms with E-state index in [2.05, 4.69) is 0 Å². The van der Waals surface area contributed by atoms with Gasteiger partial charge in [-0.15, -0.1) is 0 Å². The molecule has 1 atom stereocenters. The molecule has 0 saturated carbocycles. The minimum absolute atomic E-state index is 0.0361. The van der Waals surface area contributed by atoms with Crippen molar-refractivity contribution in [1.29, 1.82) is 0 Å². The van der Waals surface area contributed by atoms with Gasteiger partial charge in [-0.25, -0.2) is 0 Å². The second kappa shape index (κ2) is 6.40. The van der Waals surface area contributed by atoms with Crippen molar-refractivity contribution in [3.63, 3.8) is 0 Å². The number of hydrogen-bond donors (Lipinski definition) is 1. The Morgan fingerprint density at radius 1 is 1.44 bits per heavy atom. The Morgan fingerprint density at radius 2 is 2.11 bits per heavy atom. The highest BCUT2D eigenvalue weighted by Crippen LogP contribution is 2.23. The van der Waals surface area contributed by atoms with E-state index >= 15 is 0 Å². The molecule has 0 radical (unpaired) electrons. The van der Waals surface area contributed by atoms with Crippen LogP contribution in [-0.4, -0.2) is 31.5 Å². The van der Waals surface area contributed by atoms with Crippen molar-refractivity contribution in [2.75, 3.05) is 20.7 Å². The molecule has 0 heterocycles. The first-order valence-corrected chi connectivity index (χ1v) is 6.14. The lowest BCUT2D eigenvalue weighted by Crippen LogP contribution is -2.26. The number of carbonyl (C=O) groups excluding carboxylic acids is 1. The number of hydrogen-bond acceptors (Lipinski definition) is 3. The Morgan fingerprint density at radius 3 is 2.61 bits per heavy atom.